The molecule has 1 saturated heterocycles. The number of aliphatic hydroxyl groups is 1. The van der Waals surface area contributed by atoms with E-state index in [1.54, 1.807) is 0 Å². The lowest BCUT2D eigenvalue weighted by atomic mass is 9.44. The maximum Gasteiger partial charge on any atom is 0.142 e. The minimum atomic E-state index is -0.200. The Morgan fingerprint density at radius 3 is 2.83 bits per heavy atom. The molecule has 1 N–H and O–H groups in total. The van der Waals surface area contributed by atoms with E-state index in [1.165, 1.54) is 0 Å². The summed E-state index contributed by atoms with van der Waals surface area (Å²) in [6.07, 6.45) is 6.23. The predicted octanol–water partition coefficient (Wildman–Crippen LogP) is 3.32. The highest BCUT2D eigenvalue weighted by atomic mass is 79.9. The molecule has 1 spiro atoms. The zero-order valence-electron chi connectivity index (χ0n) is 14.5. The Balaban J connectivity index is 1.45. The first-order valence-corrected chi connectivity index (χ1v) is 10.8. The Morgan fingerprint density at radius 1 is 1.25 bits per heavy atom. The monoisotopic (exact) mass is 394 g/mol. The van der Waals surface area contributed by atoms with Gasteiger partial charge in [0.2, 0.25) is 0 Å². The molecule has 132 valence electrons. The fourth-order valence-electron chi connectivity index (χ4n) is 8.24. The number of aliphatic hydroxyl groups excluding tert-OH is 1. The largest absolute Gasteiger partial charge is 0.393 e. The van der Waals surface area contributed by atoms with Crippen LogP contribution in [0.5, 0.6) is 0 Å². The second-order valence-electron chi connectivity index (χ2n) is 10.2. The van der Waals surface area contributed by atoms with Crippen LogP contribution in [0.4, 0.5) is 0 Å². The number of hydrogen-bond acceptors (Lipinski definition) is 3. The number of rotatable bonds is 0. The van der Waals surface area contributed by atoms with Gasteiger partial charge >= 0.3 is 0 Å². The molecule has 6 rings (SSSR count). The Labute approximate surface area is 152 Å². The smallest absolute Gasteiger partial charge is 0.142 e. The van der Waals surface area contributed by atoms with Crippen LogP contribution in [-0.2, 0) is 9.53 Å². The van der Waals surface area contributed by atoms with Gasteiger partial charge in [0.1, 0.15) is 17.5 Å². The van der Waals surface area contributed by atoms with E-state index >= 15 is 0 Å². The van der Waals surface area contributed by atoms with E-state index in [2.05, 4.69) is 29.8 Å². The first kappa shape index (κ1) is 15.2. The number of alkyl halides is 1. The van der Waals surface area contributed by atoms with Crippen LogP contribution in [0, 0.1) is 40.4 Å². The number of epoxide rings is 1. The van der Waals surface area contributed by atoms with Crippen LogP contribution in [-0.4, -0.2) is 33.5 Å². The van der Waals surface area contributed by atoms with E-state index < -0.39 is 0 Å². The van der Waals surface area contributed by atoms with Crippen LogP contribution in [0.2, 0.25) is 0 Å². The molecule has 4 heteroatoms. The molecule has 0 bridgehead atoms. The minimum Gasteiger partial charge on any atom is -0.393 e. The maximum atomic E-state index is 12.9. The third-order valence-corrected chi connectivity index (χ3v) is 10.6. The number of halogens is 1. The Hall–Kier alpha value is 0.0700. The summed E-state index contributed by atoms with van der Waals surface area (Å²) >= 11 is 4.05. The fourth-order valence-corrected chi connectivity index (χ4v) is 9.47. The summed E-state index contributed by atoms with van der Waals surface area (Å²) in [6, 6.07) is 0. The van der Waals surface area contributed by atoms with E-state index in [0.717, 1.165) is 38.5 Å². The highest BCUT2D eigenvalue weighted by Crippen LogP contribution is 2.77. The van der Waals surface area contributed by atoms with Crippen molar-refractivity contribution < 1.29 is 14.6 Å². The van der Waals surface area contributed by atoms with Gasteiger partial charge in [-0.2, -0.15) is 0 Å². The molecule has 0 aromatic carbocycles. The Morgan fingerprint density at radius 2 is 2.04 bits per heavy atom. The second-order valence-corrected chi connectivity index (χ2v) is 11.3. The predicted molar refractivity (Wildman–Crippen MR) is 92.7 cm³/mol. The van der Waals surface area contributed by atoms with Gasteiger partial charge in [-0.1, -0.05) is 29.8 Å². The van der Waals surface area contributed by atoms with E-state index in [9.17, 15) is 9.90 Å². The highest BCUT2D eigenvalue weighted by molar-refractivity contribution is 9.09. The number of ketones is 1. The summed E-state index contributed by atoms with van der Waals surface area (Å²) in [4.78, 5) is 13.3. The van der Waals surface area contributed by atoms with Crippen molar-refractivity contribution in [1.82, 2.24) is 0 Å². The maximum absolute atomic E-state index is 12.9. The number of carbonyl (C=O) groups excluding carboxylic acids is 1. The summed E-state index contributed by atoms with van der Waals surface area (Å²) in [5, 5.41) is 10.3. The number of hydrogen-bond donors (Lipinski definition) is 1. The van der Waals surface area contributed by atoms with Gasteiger partial charge in [0.25, 0.3) is 0 Å². The molecule has 3 nitrogen and oxygen atoms in total. The van der Waals surface area contributed by atoms with E-state index in [0.29, 0.717) is 40.2 Å². The topological polar surface area (TPSA) is 49.8 Å². The van der Waals surface area contributed by atoms with Crippen molar-refractivity contribution in [2.75, 3.05) is 0 Å². The molecule has 6 fully saturated rings. The third-order valence-electron chi connectivity index (χ3n) is 9.51. The van der Waals surface area contributed by atoms with E-state index in [-0.39, 0.29) is 28.6 Å². The quantitative estimate of drug-likeness (QED) is 0.506. The molecule has 24 heavy (non-hydrogen) atoms. The van der Waals surface area contributed by atoms with Crippen LogP contribution in [0.25, 0.3) is 0 Å². The molecule has 1 aliphatic heterocycles. The van der Waals surface area contributed by atoms with Gasteiger partial charge in [-0.25, -0.2) is 0 Å². The van der Waals surface area contributed by atoms with Gasteiger partial charge in [-0.3, -0.25) is 4.79 Å². The Bertz CT molecular complexity index is 651. The van der Waals surface area contributed by atoms with Crippen molar-refractivity contribution >= 4 is 21.7 Å². The van der Waals surface area contributed by atoms with Gasteiger partial charge in [0.15, 0.2) is 0 Å². The standard InChI is InChI=1S/C20H27BrO3/c1-18-5-4-12-13(14(18)10-7-11(10)16(18)23)15(21)17-20(24-17)8-9(22)3-6-19(12,20)2/h9-15,17,22H,3-8H2,1-2H3/t9-,10?,11-,12?,13?,14?,15?,17+,18-,19+,20+/m0/s1. The zero-order valence-corrected chi connectivity index (χ0v) is 16.1. The van der Waals surface area contributed by atoms with Crippen molar-refractivity contribution in [2.24, 2.45) is 40.4 Å². The van der Waals surface area contributed by atoms with Crippen LogP contribution in [0.15, 0.2) is 0 Å². The molecule has 0 aromatic heterocycles. The molecule has 11 atom stereocenters. The zero-order chi connectivity index (χ0) is 16.6. The normalized spacial score (nSPS) is 69.1. The molecule has 0 aromatic rings. The third kappa shape index (κ3) is 1.42. The van der Waals surface area contributed by atoms with E-state index in [1.807, 2.05) is 0 Å². The molecule has 6 aliphatic rings. The molecule has 0 radical (unpaired) electrons. The van der Waals surface area contributed by atoms with E-state index in [4.69, 9.17) is 4.74 Å². The first-order valence-electron chi connectivity index (χ1n) is 9.88. The van der Waals surface area contributed by atoms with Crippen molar-refractivity contribution in [2.45, 2.75) is 75.0 Å². The molecule has 5 saturated carbocycles. The molecular weight excluding hydrogens is 368 g/mol. The van der Waals surface area contributed by atoms with Crippen LogP contribution < -0.4 is 0 Å². The summed E-state index contributed by atoms with van der Waals surface area (Å²) in [6.45, 7) is 4.71. The molecular formula is C20H27BrO3. The molecule has 0 amide bonds. The van der Waals surface area contributed by atoms with Crippen molar-refractivity contribution in [3.63, 3.8) is 0 Å². The van der Waals surface area contributed by atoms with Crippen molar-refractivity contribution in [1.29, 1.82) is 0 Å². The van der Waals surface area contributed by atoms with Crippen LogP contribution in [0.3, 0.4) is 0 Å². The van der Waals surface area contributed by atoms with Crippen molar-refractivity contribution in [3.05, 3.63) is 0 Å². The minimum absolute atomic E-state index is 0.0692. The average molecular weight is 395 g/mol. The van der Waals surface area contributed by atoms with Crippen molar-refractivity contribution in [3.8, 4) is 0 Å². The lowest BCUT2D eigenvalue weighted by molar-refractivity contribution is -0.141. The number of ether oxygens (including phenoxy) is 1. The summed E-state index contributed by atoms with van der Waals surface area (Å²) in [5.41, 5.74) is 0.0166. The highest BCUT2D eigenvalue weighted by Gasteiger charge is 2.81. The first-order chi connectivity index (χ1) is 11.3. The lowest BCUT2D eigenvalue weighted by Gasteiger charge is -2.60. The number of fused-ring (bicyclic) bond motifs is 6. The Kier molecular flexibility index (Phi) is 2.62. The summed E-state index contributed by atoms with van der Waals surface area (Å²) in [5.74, 6) is 3.38. The lowest BCUT2D eigenvalue weighted by Crippen LogP contribution is -2.62. The number of Topliss-reactive ketones (excluding diaryl/α,β-unsaturated/α-hetero) is 1. The molecule has 1 heterocycles. The van der Waals surface area contributed by atoms with Gasteiger partial charge in [-0.05, 0) is 55.8 Å². The summed E-state index contributed by atoms with van der Waals surface area (Å²) < 4.78 is 6.41. The number of carbonyl (C=O) groups is 1. The van der Waals surface area contributed by atoms with Gasteiger partial charge in [0, 0.05) is 28.0 Å². The van der Waals surface area contributed by atoms with Crippen LogP contribution >= 0.6 is 15.9 Å². The fraction of sp³-hybridized carbons (Fsp3) is 0.950. The SMILES string of the molecule is C[C@]12CCC3C(C(Br)[C@H]4O[C@]45C[C@@H](O)CC[C@]35C)C1C1C[C@@H]1C2=O. The summed E-state index contributed by atoms with van der Waals surface area (Å²) in [7, 11) is 0. The molecule has 5 unspecified atom stereocenters. The van der Waals surface area contributed by atoms with Crippen LogP contribution in [0.1, 0.15) is 52.4 Å². The second kappa shape index (κ2) is 4.14. The average Bonchev–Trinajstić information content (AvgIpc) is 3.43. The van der Waals surface area contributed by atoms with Gasteiger partial charge in [-0.15, -0.1) is 0 Å². The van der Waals surface area contributed by atoms with Gasteiger partial charge < -0.3 is 9.84 Å². The molecule has 5 aliphatic carbocycles. The van der Waals surface area contributed by atoms with Gasteiger partial charge in [0.05, 0.1) is 6.10 Å².